The fourth-order valence-electron chi connectivity index (χ4n) is 2.72. The Morgan fingerprint density at radius 3 is 2.89 bits per heavy atom. The van der Waals surface area contributed by atoms with Crippen molar-refractivity contribution in [1.29, 1.82) is 0 Å². The largest absolute Gasteiger partial charge is 0.378 e. The normalized spacial score (nSPS) is 24.6. The second-order valence-corrected chi connectivity index (χ2v) is 5.65. The fraction of sp³-hybridized carbons (Fsp3) is 0.600. The third kappa shape index (κ3) is 3.91. The molecule has 3 atom stereocenters. The zero-order valence-corrected chi connectivity index (χ0v) is 12.2. The molecule has 1 heterocycles. The molecule has 1 saturated heterocycles. The summed E-state index contributed by atoms with van der Waals surface area (Å²) in [5.74, 6) is 0.211. The van der Waals surface area contributed by atoms with Gasteiger partial charge in [0.05, 0.1) is 12.7 Å². The van der Waals surface area contributed by atoms with Gasteiger partial charge in [0.25, 0.3) is 0 Å². The summed E-state index contributed by atoms with van der Waals surface area (Å²) in [6.07, 6.45) is 2.21. The summed E-state index contributed by atoms with van der Waals surface area (Å²) < 4.78 is 18.7. The van der Waals surface area contributed by atoms with Gasteiger partial charge in [0, 0.05) is 17.0 Å². The number of nitrogens with one attached hydrogen (secondary N) is 1. The summed E-state index contributed by atoms with van der Waals surface area (Å²) in [5.41, 5.74) is 0.994. The summed E-state index contributed by atoms with van der Waals surface area (Å²) >= 11 is 6.11. The van der Waals surface area contributed by atoms with E-state index >= 15 is 0 Å². The lowest BCUT2D eigenvalue weighted by molar-refractivity contribution is 0.117. The molecule has 0 amide bonds. The summed E-state index contributed by atoms with van der Waals surface area (Å²) in [7, 11) is 0. The van der Waals surface area contributed by atoms with Crippen LogP contribution in [-0.4, -0.2) is 25.3 Å². The van der Waals surface area contributed by atoms with Gasteiger partial charge in [0.15, 0.2) is 0 Å². The van der Waals surface area contributed by atoms with Crippen LogP contribution in [-0.2, 0) is 11.2 Å². The maximum atomic E-state index is 13.1. The Kier molecular flexibility index (Phi) is 5.20. The van der Waals surface area contributed by atoms with Crippen molar-refractivity contribution >= 4 is 11.6 Å². The van der Waals surface area contributed by atoms with E-state index in [-0.39, 0.29) is 5.82 Å². The van der Waals surface area contributed by atoms with E-state index in [0.717, 1.165) is 31.6 Å². The number of benzene rings is 1. The topological polar surface area (TPSA) is 21.3 Å². The third-order valence-electron chi connectivity index (χ3n) is 3.72. The van der Waals surface area contributed by atoms with Crippen molar-refractivity contribution < 1.29 is 9.13 Å². The molecule has 0 saturated carbocycles. The second kappa shape index (κ2) is 6.69. The SMILES string of the molecule is CCNC(Cc1ccc(F)cc1Cl)C1COC(C)C1. The van der Waals surface area contributed by atoms with Gasteiger partial charge in [-0.3, -0.25) is 0 Å². The zero-order valence-electron chi connectivity index (χ0n) is 11.5. The lowest BCUT2D eigenvalue weighted by Gasteiger charge is -2.24. The number of hydrogen-bond acceptors (Lipinski definition) is 2. The molecule has 1 aliphatic rings. The van der Waals surface area contributed by atoms with Gasteiger partial charge in [-0.1, -0.05) is 24.6 Å². The van der Waals surface area contributed by atoms with Gasteiger partial charge < -0.3 is 10.1 Å². The molecule has 0 aliphatic carbocycles. The Bertz CT molecular complexity index is 427. The van der Waals surface area contributed by atoms with Crippen molar-refractivity contribution in [2.45, 2.75) is 38.8 Å². The molecule has 0 aromatic heterocycles. The molecule has 2 nitrogen and oxygen atoms in total. The number of halogens is 2. The van der Waals surface area contributed by atoms with Gasteiger partial charge in [0.1, 0.15) is 5.82 Å². The Morgan fingerprint density at radius 2 is 2.32 bits per heavy atom. The molecule has 0 bridgehead atoms. The molecule has 1 fully saturated rings. The van der Waals surface area contributed by atoms with Gasteiger partial charge in [-0.05, 0) is 44.0 Å². The van der Waals surface area contributed by atoms with Crippen LogP contribution in [0.3, 0.4) is 0 Å². The maximum Gasteiger partial charge on any atom is 0.124 e. The average molecular weight is 286 g/mol. The molecule has 19 heavy (non-hydrogen) atoms. The summed E-state index contributed by atoms with van der Waals surface area (Å²) in [5, 5.41) is 4.01. The number of hydrogen-bond donors (Lipinski definition) is 1. The van der Waals surface area contributed by atoms with E-state index in [1.165, 1.54) is 12.1 Å². The summed E-state index contributed by atoms with van der Waals surface area (Å²) in [4.78, 5) is 0. The molecule has 2 rings (SSSR count). The van der Waals surface area contributed by atoms with Crippen molar-refractivity contribution in [3.63, 3.8) is 0 Å². The van der Waals surface area contributed by atoms with E-state index in [2.05, 4.69) is 19.2 Å². The van der Waals surface area contributed by atoms with E-state index < -0.39 is 0 Å². The predicted octanol–water partition coefficient (Wildman–Crippen LogP) is 3.42. The van der Waals surface area contributed by atoms with Crippen molar-refractivity contribution in [3.8, 4) is 0 Å². The molecule has 0 spiro atoms. The Hall–Kier alpha value is -0.640. The molecule has 106 valence electrons. The fourth-order valence-corrected chi connectivity index (χ4v) is 2.97. The first kappa shape index (κ1) is 14.8. The van der Waals surface area contributed by atoms with Crippen molar-refractivity contribution in [2.24, 2.45) is 5.92 Å². The van der Waals surface area contributed by atoms with Crippen molar-refractivity contribution in [3.05, 3.63) is 34.6 Å². The van der Waals surface area contributed by atoms with Gasteiger partial charge in [-0.25, -0.2) is 4.39 Å². The van der Waals surface area contributed by atoms with E-state index in [9.17, 15) is 4.39 Å². The first-order valence-corrected chi connectivity index (χ1v) is 7.26. The van der Waals surface area contributed by atoms with Crippen LogP contribution in [0.25, 0.3) is 0 Å². The predicted molar refractivity (Wildman–Crippen MR) is 76.1 cm³/mol. The van der Waals surface area contributed by atoms with Crippen LogP contribution < -0.4 is 5.32 Å². The smallest absolute Gasteiger partial charge is 0.124 e. The maximum absolute atomic E-state index is 13.1. The first-order valence-electron chi connectivity index (χ1n) is 6.89. The second-order valence-electron chi connectivity index (χ2n) is 5.24. The van der Waals surface area contributed by atoms with E-state index in [1.54, 1.807) is 6.07 Å². The third-order valence-corrected chi connectivity index (χ3v) is 4.07. The molecule has 1 aliphatic heterocycles. The molecule has 1 aromatic carbocycles. The lowest BCUT2D eigenvalue weighted by atomic mass is 9.91. The van der Waals surface area contributed by atoms with E-state index in [1.807, 2.05) is 0 Å². The Morgan fingerprint density at radius 1 is 1.53 bits per heavy atom. The number of likely N-dealkylation sites (N-methyl/N-ethyl adjacent to an activating group) is 1. The van der Waals surface area contributed by atoms with Crippen LogP contribution >= 0.6 is 11.6 Å². The van der Waals surface area contributed by atoms with Crippen LogP contribution in [0, 0.1) is 11.7 Å². The zero-order chi connectivity index (χ0) is 13.8. The molecule has 0 radical (unpaired) electrons. The van der Waals surface area contributed by atoms with Crippen LogP contribution in [0.1, 0.15) is 25.8 Å². The van der Waals surface area contributed by atoms with Crippen LogP contribution in [0.5, 0.6) is 0 Å². The van der Waals surface area contributed by atoms with Gasteiger partial charge in [0.2, 0.25) is 0 Å². The van der Waals surface area contributed by atoms with Crippen molar-refractivity contribution in [1.82, 2.24) is 5.32 Å². The summed E-state index contributed by atoms with van der Waals surface area (Å²) in [6, 6.07) is 4.96. The van der Waals surface area contributed by atoms with Gasteiger partial charge in [-0.15, -0.1) is 0 Å². The Labute approximate surface area is 119 Å². The number of rotatable bonds is 5. The van der Waals surface area contributed by atoms with Crippen molar-refractivity contribution in [2.75, 3.05) is 13.2 Å². The van der Waals surface area contributed by atoms with E-state index in [4.69, 9.17) is 16.3 Å². The van der Waals surface area contributed by atoms with Gasteiger partial charge in [-0.2, -0.15) is 0 Å². The molecule has 1 aromatic rings. The van der Waals surface area contributed by atoms with Crippen LogP contribution in [0.15, 0.2) is 18.2 Å². The van der Waals surface area contributed by atoms with Gasteiger partial charge >= 0.3 is 0 Å². The van der Waals surface area contributed by atoms with Crippen LogP contribution in [0.4, 0.5) is 4.39 Å². The Balaban J connectivity index is 2.07. The molecule has 4 heteroatoms. The highest BCUT2D eigenvalue weighted by atomic mass is 35.5. The number of ether oxygens (including phenoxy) is 1. The monoisotopic (exact) mass is 285 g/mol. The molecular formula is C15H21ClFNO. The first-order chi connectivity index (χ1) is 9.10. The molecule has 1 N–H and O–H groups in total. The average Bonchev–Trinajstić information content (AvgIpc) is 2.78. The van der Waals surface area contributed by atoms with Crippen LogP contribution in [0.2, 0.25) is 5.02 Å². The molecular weight excluding hydrogens is 265 g/mol. The highest BCUT2D eigenvalue weighted by Gasteiger charge is 2.29. The highest BCUT2D eigenvalue weighted by molar-refractivity contribution is 6.31. The lowest BCUT2D eigenvalue weighted by Crippen LogP contribution is -2.38. The standard InChI is InChI=1S/C15H21ClFNO/c1-3-18-15(12-6-10(2)19-9-12)7-11-4-5-13(17)8-14(11)16/h4-5,8,10,12,15,18H,3,6-7,9H2,1-2H3. The minimum absolute atomic E-state index is 0.286. The minimum atomic E-state index is -0.286. The van der Waals surface area contributed by atoms with E-state index in [0.29, 0.717) is 23.1 Å². The molecule has 3 unspecified atom stereocenters. The highest BCUT2D eigenvalue weighted by Crippen LogP contribution is 2.26. The minimum Gasteiger partial charge on any atom is -0.378 e. The quantitative estimate of drug-likeness (QED) is 0.895. The summed E-state index contributed by atoms with van der Waals surface area (Å²) in [6.45, 7) is 5.90.